The summed E-state index contributed by atoms with van der Waals surface area (Å²) in [4.78, 5) is -0.0297. The first-order chi connectivity index (χ1) is 9.97. The number of hydrogen-bond acceptors (Lipinski definition) is 2. The molecule has 0 amide bonds. The minimum absolute atomic E-state index is 0.0297. The molecule has 0 heterocycles. The third-order valence-electron chi connectivity index (χ3n) is 3.51. The number of ether oxygens (including phenoxy) is 2. The van der Waals surface area contributed by atoms with Gasteiger partial charge in [-0.3, -0.25) is 0 Å². The summed E-state index contributed by atoms with van der Waals surface area (Å²) in [7, 11) is 3.22. The van der Waals surface area contributed by atoms with E-state index in [-0.39, 0.29) is 10.6 Å². The number of alkyl halides is 1. The van der Waals surface area contributed by atoms with Crippen LogP contribution in [-0.2, 0) is 0 Å². The molecule has 0 aromatic heterocycles. The van der Waals surface area contributed by atoms with Gasteiger partial charge in [-0.1, -0.05) is 22.0 Å². The maximum absolute atomic E-state index is 13.4. The Morgan fingerprint density at radius 3 is 2.05 bits per heavy atom. The van der Waals surface area contributed by atoms with Gasteiger partial charge in [-0.15, -0.1) is 0 Å². The van der Waals surface area contributed by atoms with E-state index >= 15 is 0 Å². The van der Waals surface area contributed by atoms with Crippen LogP contribution in [-0.4, -0.2) is 14.2 Å². The minimum Gasteiger partial charge on any atom is -0.493 e. The summed E-state index contributed by atoms with van der Waals surface area (Å²) in [5.41, 5.74) is 3.95. The minimum atomic E-state index is -0.208. The molecule has 2 nitrogen and oxygen atoms in total. The van der Waals surface area contributed by atoms with Crippen LogP contribution in [0.2, 0.25) is 0 Å². The molecular weight excluding hydrogens is 335 g/mol. The Morgan fingerprint density at radius 1 is 0.952 bits per heavy atom. The lowest BCUT2D eigenvalue weighted by Gasteiger charge is -2.18. The molecule has 0 N–H and O–H groups in total. The van der Waals surface area contributed by atoms with E-state index in [9.17, 15) is 4.39 Å². The molecular formula is C17H18BrFO2. The van der Waals surface area contributed by atoms with Crippen molar-refractivity contribution in [1.29, 1.82) is 0 Å². The maximum atomic E-state index is 13.4. The van der Waals surface area contributed by atoms with Crippen molar-refractivity contribution in [2.45, 2.75) is 18.7 Å². The Labute approximate surface area is 133 Å². The molecule has 0 spiro atoms. The Kier molecular flexibility index (Phi) is 4.88. The quantitative estimate of drug-likeness (QED) is 0.725. The van der Waals surface area contributed by atoms with Gasteiger partial charge in [0.15, 0.2) is 11.5 Å². The van der Waals surface area contributed by atoms with Crippen LogP contribution in [0.1, 0.15) is 27.1 Å². The van der Waals surface area contributed by atoms with E-state index in [0.717, 1.165) is 22.3 Å². The summed E-state index contributed by atoms with van der Waals surface area (Å²) < 4.78 is 24.0. The van der Waals surface area contributed by atoms with Gasteiger partial charge in [-0.25, -0.2) is 4.39 Å². The van der Waals surface area contributed by atoms with Gasteiger partial charge >= 0.3 is 0 Å². The standard InChI is InChI=1S/C17H18BrFO2/c1-10-7-13(19)8-11(2)16(10)17(18)12-5-6-14(20-3)15(9-12)21-4/h5-9,17H,1-4H3. The van der Waals surface area contributed by atoms with Crippen LogP contribution in [0.5, 0.6) is 11.5 Å². The van der Waals surface area contributed by atoms with Gasteiger partial charge in [-0.05, 0) is 60.4 Å². The van der Waals surface area contributed by atoms with E-state index in [4.69, 9.17) is 9.47 Å². The Morgan fingerprint density at radius 2 is 1.52 bits per heavy atom. The smallest absolute Gasteiger partial charge is 0.161 e. The third-order valence-corrected chi connectivity index (χ3v) is 4.50. The molecule has 0 aliphatic carbocycles. The fraction of sp³-hybridized carbons (Fsp3) is 0.294. The summed E-state index contributed by atoms with van der Waals surface area (Å²) in [5, 5.41) is 0. The van der Waals surface area contributed by atoms with Gasteiger partial charge in [0.2, 0.25) is 0 Å². The molecule has 1 atom stereocenters. The molecule has 0 saturated heterocycles. The number of methoxy groups -OCH3 is 2. The molecule has 0 aliphatic rings. The average Bonchev–Trinajstić information content (AvgIpc) is 2.45. The topological polar surface area (TPSA) is 18.5 Å². The summed E-state index contributed by atoms with van der Waals surface area (Å²) in [5.74, 6) is 1.16. The zero-order chi connectivity index (χ0) is 15.6. The van der Waals surface area contributed by atoms with Gasteiger partial charge in [-0.2, -0.15) is 0 Å². The molecule has 0 saturated carbocycles. The van der Waals surface area contributed by atoms with Crippen molar-refractivity contribution >= 4 is 15.9 Å². The molecule has 2 rings (SSSR count). The highest BCUT2D eigenvalue weighted by molar-refractivity contribution is 9.09. The fourth-order valence-electron chi connectivity index (χ4n) is 2.50. The van der Waals surface area contributed by atoms with Crippen molar-refractivity contribution in [3.05, 3.63) is 58.4 Å². The van der Waals surface area contributed by atoms with E-state index in [1.165, 1.54) is 0 Å². The molecule has 112 valence electrons. The SMILES string of the molecule is COc1ccc(C(Br)c2c(C)cc(F)cc2C)cc1OC. The van der Waals surface area contributed by atoms with Crippen LogP contribution >= 0.6 is 15.9 Å². The van der Waals surface area contributed by atoms with Crippen LogP contribution in [0, 0.1) is 19.7 Å². The van der Waals surface area contributed by atoms with Crippen molar-refractivity contribution in [3.63, 3.8) is 0 Å². The molecule has 1 unspecified atom stereocenters. The largest absolute Gasteiger partial charge is 0.493 e. The molecule has 0 bridgehead atoms. The Balaban J connectivity index is 2.47. The van der Waals surface area contributed by atoms with Gasteiger partial charge in [0.1, 0.15) is 5.82 Å². The number of hydrogen-bond donors (Lipinski definition) is 0. The molecule has 0 radical (unpaired) electrons. The van der Waals surface area contributed by atoms with Gasteiger partial charge in [0.05, 0.1) is 19.0 Å². The molecule has 2 aromatic carbocycles. The second-order valence-electron chi connectivity index (χ2n) is 4.93. The molecule has 0 fully saturated rings. The summed E-state index contributed by atoms with van der Waals surface area (Å²) in [6.07, 6.45) is 0. The lowest BCUT2D eigenvalue weighted by atomic mass is 9.95. The summed E-state index contributed by atoms with van der Waals surface area (Å²) >= 11 is 3.71. The molecule has 2 aromatic rings. The zero-order valence-electron chi connectivity index (χ0n) is 12.5. The highest BCUT2D eigenvalue weighted by Crippen LogP contribution is 2.39. The van der Waals surface area contributed by atoms with Gasteiger partial charge in [0.25, 0.3) is 0 Å². The second-order valence-corrected chi connectivity index (χ2v) is 5.85. The van der Waals surface area contributed by atoms with Crippen molar-refractivity contribution < 1.29 is 13.9 Å². The van der Waals surface area contributed by atoms with Crippen LogP contribution in [0.25, 0.3) is 0 Å². The van der Waals surface area contributed by atoms with Crippen molar-refractivity contribution in [1.82, 2.24) is 0 Å². The normalized spacial score (nSPS) is 12.1. The van der Waals surface area contributed by atoms with Crippen LogP contribution in [0.15, 0.2) is 30.3 Å². The molecule has 0 aliphatic heterocycles. The van der Waals surface area contributed by atoms with E-state index in [1.54, 1.807) is 26.4 Å². The van der Waals surface area contributed by atoms with Crippen LogP contribution < -0.4 is 9.47 Å². The first-order valence-electron chi connectivity index (χ1n) is 6.60. The average molecular weight is 353 g/mol. The number of aryl methyl sites for hydroxylation is 2. The van der Waals surface area contributed by atoms with Gasteiger partial charge in [0, 0.05) is 0 Å². The Bertz CT molecular complexity index is 632. The van der Waals surface area contributed by atoms with E-state index in [1.807, 2.05) is 32.0 Å². The molecule has 21 heavy (non-hydrogen) atoms. The van der Waals surface area contributed by atoms with Gasteiger partial charge < -0.3 is 9.47 Å². The maximum Gasteiger partial charge on any atom is 0.161 e. The lowest BCUT2D eigenvalue weighted by molar-refractivity contribution is 0.354. The number of benzene rings is 2. The van der Waals surface area contributed by atoms with Crippen LogP contribution in [0.4, 0.5) is 4.39 Å². The van der Waals surface area contributed by atoms with E-state index < -0.39 is 0 Å². The van der Waals surface area contributed by atoms with E-state index in [0.29, 0.717) is 11.5 Å². The highest BCUT2D eigenvalue weighted by atomic mass is 79.9. The van der Waals surface area contributed by atoms with Crippen molar-refractivity contribution in [2.24, 2.45) is 0 Å². The van der Waals surface area contributed by atoms with Crippen molar-refractivity contribution in [2.75, 3.05) is 14.2 Å². The lowest BCUT2D eigenvalue weighted by Crippen LogP contribution is -2.01. The second kappa shape index (κ2) is 6.48. The fourth-order valence-corrected chi connectivity index (χ4v) is 3.51. The van der Waals surface area contributed by atoms with Crippen molar-refractivity contribution in [3.8, 4) is 11.5 Å². The molecule has 4 heteroatoms. The summed E-state index contributed by atoms with van der Waals surface area (Å²) in [6.45, 7) is 3.83. The van der Waals surface area contributed by atoms with Crippen LogP contribution in [0.3, 0.4) is 0 Å². The Hall–Kier alpha value is -1.55. The summed E-state index contributed by atoms with van der Waals surface area (Å²) in [6, 6.07) is 8.88. The first kappa shape index (κ1) is 15.8. The first-order valence-corrected chi connectivity index (χ1v) is 7.52. The highest BCUT2D eigenvalue weighted by Gasteiger charge is 2.18. The monoisotopic (exact) mass is 352 g/mol. The third kappa shape index (κ3) is 3.21. The zero-order valence-corrected chi connectivity index (χ0v) is 14.1. The predicted molar refractivity (Wildman–Crippen MR) is 86.2 cm³/mol. The number of halogens is 2. The van der Waals surface area contributed by atoms with E-state index in [2.05, 4.69) is 15.9 Å². The number of rotatable bonds is 4. The predicted octanol–water partition coefficient (Wildman–Crippen LogP) is 4.94.